The van der Waals surface area contributed by atoms with E-state index in [1.165, 1.54) is 25.1 Å². The number of rotatable bonds is 1. The van der Waals surface area contributed by atoms with Crippen molar-refractivity contribution in [2.45, 2.75) is 19.3 Å². The maximum Gasteiger partial charge on any atom is 0.417 e. The summed E-state index contributed by atoms with van der Waals surface area (Å²) in [5.74, 6) is 0. The van der Waals surface area contributed by atoms with Crippen molar-refractivity contribution in [1.29, 1.82) is 0 Å². The highest BCUT2D eigenvalue weighted by molar-refractivity contribution is 5.69. The van der Waals surface area contributed by atoms with Crippen LogP contribution < -0.4 is 0 Å². The van der Waals surface area contributed by atoms with Crippen molar-refractivity contribution in [3.8, 4) is 11.1 Å². The summed E-state index contributed by atoms with van der Waals surface area (Å²) >= 11 is 0. The Morgan fingerprint density at radius 3 is 2.00 bits per heavy atom. The molecule has 0 bridgehead atoms. The van der Waals surface area contributed by atoms with E-state index in [1.807, 2.05) is 0 Å². The van der Waals surface area contributed by atoms with Crippen LogP contribution in [0.2, 0.25) is 0 Å². The molecular weight excluding hydrogens is 294 g/mol. The van der Waals surface area contributed by atoms with Gasteiger partial charge in [0.2, 0.25) is 0 Å². The maximum absolute atomic E-state index is 13.0. The minimum Gasteiger partial charge on any atom is -0.166 e. The molecule has 2 aromatic carbocycles. The minimum atomic E-state index is -4.63. The fourth-order valence-corrected chi connectivity index (χ4v) is 2.01. The lowest BCUT2D eigenvalue weighted by molar-refractivity contribution is -0.137. The van der Waals surface area contributed by atoms with Gasteiger partial charge in [0.05, 0.1) is 11.1 Å². The molecular formula is C15H10F6. The number of halogens is 6. The fraction of sp³-hybridized carbons (Fsp3) is 0.200. The fourth-order valence-electron chi connectivity index (χ4n) is 2.01. The van der Waals surface area contributed by atoms with Crippen LogP contribution in [0.3, 0.4) is 0 Å². The highest BCUT2D eigenvalue weighted by Crippen LogP contribution is 2.39. The molecule has 0 aliphatic carbocycles. The van der Waals surface area contributed by atoms with Crippen molar-refractivity contribution in [2.75, 3.05) is 0 Å². The third-order valence-electron chi connectivity index (χ3n) is 2.98. The molecule has 0 N–H and O–H groups in total. The number of hydrogen-bond donors (Lipinski definition) is 0. The smallest absolute Gasteiger partial charge is 0.166 e. The summed E-state index contributed by atoms with van der Waals surface area (Å²) in [6, 6.07) is 7.42. The lowest BCUT2D eigenvalue weighted by Gasteiger charge is -2.15. The molecule has 0 amide bonds. The molecule has 0 aromatic heterocycles. The van der Waals surface area contributed by atoms with Crippen LogP contribution in [-0.2, 0) is 12.4 Å². The quantitative estimate of drug-likeness (QED) is 0.593. The summed E-state index contributed by atoms with van der Waals surface area (Å²) in [6.07, 6.45) is -9.23. The Labute approximate surface area is 117 Å². The van der Waals surface area contributed by atoms with Crippen molar-refractivity contribution in [1.82, 2.24) is 0 Å². The average molecular weight is 304 g/mol. The van der Waals surface area contributed by atoms with Crippen molar-refractivity contribution in [3.05, 3.63) is 59.2 Å². The highest BCUT2D eigenvalue weighted by atomic mass is 19.4. The van der Waals surface area contributed by atoms with Gasteiger partial charge in [0.15, 0.2) is 0 Å². The molecule has 0 aliphatic heterocycles. The Hall–Kier alpha value is -1.98. The molecule has 0 unspecified atom stereocenters. The zero-order valence-corrected chi connectivity index (χ0v) is 10.8. The van der Waals surface area contributed by atoms with E-state index in [-0.39, 0.29) is 11.1 Å². The molecule has 112 valence electrons. The molecule has 0 heterocycles. The van der Waals surface area contributed by atoms with Crippen molar-refractivity contribution >= 4 is 0 Å². The summed E-state index contributed by atoms with van der Waals surface area (Å²) in [7, 11) is 0. The molecule has 0 nitrogen and oxygen atoms in total. The Balaban J connectivity index is 2.63. The predicted molar refractivity (Wildman–Crippen MR) is 66.6 cm³/mol. The second-order valence-corrected chi connectivity index (χ2v) is 4.63. The Bertz CT molecular complexity index is 652. The van der Waals surface area contributed by atoms with Crippen LogP contribution in [0.15, 0.2) is 42.5 Å². The van der Waals surface area contributed by atoms with Gasteiger partial charge in [-0.1, -0.05) is 29.8 Å². The van der Waals surface area contributed by atoms with Gasteiger partial charge < -0.3 is 0 Å². The standard InChI is InChI=1S/C15H10F6/c1-9-5-6-12(13(7-9)15(19,20)21)10-3-2-4-11(8-10)14(16,17)18/h2-8H,1H3. The van der Waals surface area contributed by atoms with Crippen LogP contribution >= 0.6 is 0 Å². The van der Waals surface area contributed by atoms with Crippen LogP contribution in [0.5, 0.6) is 0 Å². The maximum atomic E-state index is 13.0. The van der Waals surface area contributed by atoms with Gasteiger partial charge in [-0.3, -0.25) is 0 Å². The van der Waals surface area contributed by atoms with E-state index in [0.717, 1.165) is 24.3 Å². The van der Waals surface area contributed by atoms with Gasteiger partial charge in [0.25, 0.3) is 0 Å². The molecule has 6 heteroatoms. The first-order valence-electron chi connectivity index (χ1n) is 5.94. The van der Waals surface area contributed by atoms with Crippen molar-refractivity contribution in [2.24, 2.45) is 0 Å². The molecule has 0 radical (unpaired) electrons. The molecule has 21 heavy (non-hydrogen) atoms. The first kappa shape index (κ1) is 15.4. The van der Waals surface area contributed by atoms with Crippen LogP contribution in [0.1, 0.15) is 16.7 Å². The van der Waals surface area contributed by atoms with Gasteiger partial charge in [0, 0.05) is 0 Å². The minimum absolute atomic E-state index is 0.114. The van der Waals surface area contributed by atoms with Gasteiger partial charge in [-0.25, -0.2) is 0 Å². The average Bonchev–Trinajstić information content (AvgIpc) is 2.37. The SMILES string of the molecule is Cc1ccc(-c2cccc(C(F)(F)F)c2)c(C(F)(F)F)c1. The first-order valence-corrected chi connectivity index (χ1v) is 5.94. The molecule has 0 fully saturated rings. The van der Waals surface area contributed by atoms with E-state index >= 15 is 0 Å². The zero-order valence-electron chi connectivity index (χ0n) is 10.8. The summed E-state index contributed by atoms with van der Waals surface area (Å²) in [6.45, 7) is 1.49. The van der Waals surface area contributed by atoms with Gasteiger partial charge in [-0.15, -0.1) is 0 Å². The third-order valence-corrected chi connectivity index (χ3v) is 2.98. The number of benzene rings is 2. The molecule has 0 saturated carbocycles. The van der Waals surface area contributed by atoms with Gasteiger partial charge in [-0.2, -0.15) is 26.3 Å². The Morgan fingerprint density at radius 1 is 0.762 bits per heavy atom. The van der Waals surface area contributed by atoms with Crippen LogP contribution in [0.4, 0.5) is 26.3 Å². The van der Waals surface area contributed by atoms with Gasteiger partial charge in [-0.05, 0) is 36.2 Å². The summed E-state index contributed by atoms with van der Waals surface area (Å²) < 4.78 is 77.1. The van der Waals surface area contributed by atoms with Crippen LogP contribution in [-0.4, -0.2) is 0 Å². The number of alkyl halides is 6. The van der Waals surface area contributed by atoms with Crippen molar-refractivity contribution in [3.63, 3.8) is 0 Å². The van der Waals surface area contributed by atoms with Crippen LogP contribution in [0.25, 0.3) is 11.1 Å². The summed E-state index contributed by atoms with van der Waals surface area (Å²) in [5, 5.41) is 0. The van der Waals surface area contributed by atoms with E-state index < -0.39 is 23.5 Å². The highest BCUT2D eigenvalue weighted by Gasteiger charge is 2.35. The predicted octanol–water partition coefficient (Wildman–Crippen LogP) is 5.70. The molecule has 0 spiro atoms. The van der Waals surface area contributed by atoms with Gasteiger partial charge >= 0.3 is 12.4 Å². The Kier molecular flexibility index (Phi) is 3.74. The number of aryl methyl sites for hydroxylation is 1. The van der Waals surface area contributed by atoms with Crippen molar-refractivity contribution < 1.29 is 26.3 Å². The Morgan fingerprint density at radius 2 is 1.43 bits per heavy atom. The second kappa shape index (κ2) is 5.09. The first-order chi connectivity index (χ1) is 9.59. The zero-order chi connectivity index (χ0) is 15.8. The van der Waals surface area contributed by atoms with E-state index in [2.05, 4.69) is 0 Å². The summed E-state index contributed by atoms with van der Waals surface area (Å²) in [5.41, 5.74) is -1.91. The number of hydrogen-bond acceptors (Lipinski definition) is 0. The lowest BCUT2D eigenvalue weighted by Crippen LogP contribution is -2.08. The normalized spacial score (nSPS) is 12.5. The lowest BCUT2D eigenvalue weighted by atomic mass is 9.96. The van der Waals surface area contributed by atoms with E-state index in [9.17, 15) is 26.3 Å². The van der Waals surface area contributed by atoms with E-state index in [1.54, 1.807) is 0 Å². The van der Waals surface area contributed by atoms with E-state index in [4.69, 9.17) is 0 Å². The topological polar surface area (TPSA) is 0 Å². The molecule has 0 atom stereocenters. The molecule has 2 aromatic rings. The van der Waals surface area contributed by atoms with Gasteiger partial charge in [0.1, 0.15) is 0 Å². The third kappa shape index (κ3) is 3.37. The largest absolute Gasteiger partial charge is 0.417 e. The summed E-state index contributed by atoms with van der Waals surface area (Å²) in [4.78, 5) is 0. The van der Waals surface area contributed by atoms with Crippen LogP contribution in [0, 0.1) is 6.92 Å². The molecule has 0 saturated heterocycles. The second-order valence-electron chi connectivity index (χ2n) is 4.63. The molecule has 0 aliphatic rings. The van der Waals surface area contributed by atoms with E-state index in [0.29, 0.717) is 5.56 Å². The molecule has 2 rings (SSSR count). The monoisotopic (exact) mass is 304 g/mol.